The minimum atomic E-state index is -0.247. The summed E-state index contributed by atoms with van der Waals surface area (Å²) >= 11 is 0. The molecule has 0 aliphatic heterocycles. The quantitative estimate of drug-likeness (QED) is 0.755. The van der Waals surface area contributed by atoms with Gasteiger partial charge in [0.05, 0.1) is 11.9 Å². The van der Waals surface area contributed by atoms with E-state index in [9.17, 15) is 4.39 Å². The topological polar surface area (TPSA) is 54.7 Å². The van der Waals surface area contributed by atoms with Crippen molar-refractivity contribution in [1.29, 1.82) is 0 Å². The molecular formula is C13H12FN3O. The van der Waals surface area contributed by atoms with Gasteiger partial charge in [0.1, 0.15) is 5.82 Å². The summed E-state index contributed by atoms with van der Waals surface area (Å²) in [5.41, 5.74) is 2.44. The Morgan fingerprint density at radius 1 is 1.33 bits per heavy atom. The maximum absolute atomic E-state index is 13.6. The molecule has 0 spiro atoms. The number of halogens is 1. The molecule has 0 unspecified atom stereocenters. The van der Waals surface area contributed by atoms with Crippen molar-refractivity contribution >= 4 is 10.9 Å². The second-order valence-electron chi connectivity index (χ2n) is 4.30. The van der Waals surface area contributed by atoms with E-state index in [4.69, 9.17) is 4.52 Å². The first-order chi connectivity index (χ1) is 8.65. The highest BCUT2D eigenvalue weighted by atomic mass is 19.1. The van der Waals surface area contributed by atoms with Gasteiger partial charge in [-0.2, -0.15) is 4.98 Å². The van der Waals surface area contributed by atoms with Crippen LogP contribution in [0.4, 0.5) is 4.39 Å². The van der Waals surface area contributed by atoms with Crippen LogP contribution in [0.5, 0.6) is 0 Å². The van der Waals surface area contributed by atoms with Crippen molar-refractivity contribution in [3.05, 3.63) is 47.0 Å². The van der Waals surface area contributed by atoms with Crippen LogP contribution >= 0.6 is 0 Å². The van der Waals surface area contributed by atoms with E-state index < -0.39 is 0 Å². The first kappa shape index (κ1) is 11.0. The van der Waals surface area contributed by atoms with Crippen molar-refractivity contribution in [3.63, 3.8) is 0 Å². The molecule has 0 fully saturated rings. The van der Waals surface area contributed by atoms with Crippen molar-refractivity contribution < 1.29 is 8.91 Å². The van der Waals surface area contributed by atoms with Crippen LogP contribution in [0, 0.1) is 19.7 Å². The van der Waals surface area contributed by atoms with Crippen LogP contribution < -0.4 is 0 Å². The molecular weight excluding hydrogens is 233 g/mol. The molecule has 4 nitrogen and oxygen atoms in total. The molecule has 2 heterocycles. The number of nitrogens with zero attached hydrogens (tertiary/aromatic N) is 2. The smallest absolute Gasteiger partial charge is 0.231 e. The van der Waals surface area contributed by atoms with E-state index in [1.807, 2.05) is 13.0 Å². The monoisotopic (exact) mass is 245 g/mol. The predicted octanol–water partition coefficient (Wildman–Crippen LogP) is 2.90. The molecule has 0 amide bonds. The number of nitrogens with one attached hydrogen (secondary N) is 1. The van der Waals surface area contributed by atoms with Crippen molar-refractivity contribution in [2.75, 3.05) is 0 Å². The van der Waals surface area contributed by atoms with E-state index in [-0.39, 0.29) is 5.82 Å². The number of aryl methyl sites for hydroxylation is 2. The van der Waals surface area contributed by atoms with Crippen LogP contribution in [0.2, 0.25) is 0 Å². The number of rotatable bonds is 2. The first-order valence-corrected chi connectivity index (χ1v) is 5.70. The minimum absolute atomic E-state index is 0.247. The molecule has 92 valence electrons. The summed E-state index contributed by atoms with van der Waals surface area (Å²) in [4.78, 5) is 7.23. The zero-order valence-corrected chi connectivity index (χ0v) is 10.1. The maximum Gasteiger partial charge on any atom is 0.231 e. The van der Waals surface area contributed by atoms with Gasteiger partial charge in [-0.3, -0.25) is 0 Å². The largest absolute Gasteiger partial charge is 0.356 e. The standard InChI is InChI=1S/C13H12FN3O/c1-7-10(6-12-16-8(2)17-18-12)9-4-3-5-11(14)13(9)15-7/h3-5,15H,6H2,1-2H3. The Labute approximate surface area is 103 Å². The molecule has 3 rings (SSSR count). The summed E-state index contributed by atoms with van der Waals surface area (Å²) in [6, 6.07) is 5.03. The zero-order chi connectivity index (χ0) is 12.7. The average molecular weight is 245 g/mol. The number of aromatic amines is 1. The van der Waals surface area contributed by atoms with E-state index in [0.29, 0.717) is 23.7 Å². The molecule has 1 N–H and O–H groups in total. The number of hydrogen-bond donors (Lipinski definition) is 1. The van der Waals surface area contributed by atoms with Gasteiger partial charge in [0.25, 0.3) is 0 Å². The molecule has 5 heteroatoms. The van der Waals surface area contributed by atoms with Gasteiger partial charge in [-0.1, -0.05) is 17.3 Å². The predicted molar refractivity (Wildman–Crippen MR) is 64.8 cm³/mol. The average Bonchev–Trinajstić information content (AvgIpc) is 2.87. The number of benzene rings is 1. The van der Waals surface area contributed by atoms with Gasteiger partial charge < -0.3 is 9.51 Å². The van der Waals surface area contributed by atoms with E-state index >= 15 is 0 Å². The van der Waals surface area contributed by atoms with Crippen LogP contribution in [0.25, 0.3) is 10.9 Å². The number of fused-ring (bicyclic) bond motifs is 1. The van der Waals surface area contributed by atoms with Gasteiger partial charge in [-0.25, -0.2) is 4.39 Å². The van der Waals surface area contributed by atoms with Crippen LogP contribution in [0.3, 0.4) is 0 Å². The van der Waals surface area contributed by atoms with Crippen molar-refractivity contribution in [2.45, 2.75) is 20.3 Å². The number of para-hydroxylation sites is 1. The molecule has 0 radical (unpaired) electrons. The summed E-state index contributed by atoms with van der Waals surface area (Å²) in [5.74, 6) is 0.901. The Hall–Kier alpha value is -2.17. The molecule has 1 aromatic carbocycles. The Morgan fingerprint density at radius 3 is 2.89 bits per heavy atom. The third-order valence-electron chi connectivity index (χ3n) is 3.00. The van der Waals surface area contributed by atoms with Crippen LogP contribution in [-0.2, 0) is 6.42 Å². The second-order valence-corrected chi connectivity index (χ2v) is 4.30. The van der Waals surface area contributed by atoms with E-state index in [0.717, 1.165) is 16.6 Å². The van der Waals surface area contributed by atoms with Crippen LogP contribution in [-0.4, -0.2) is 15.1 Å². The number of H-pyrrole nitrogens is 1. The highest BCUT2D eigenvalue weighted by Crippen LogP contribution is 2.25. The molecule has 0 saturated heterocycles. The Balaban J connectivity index is 2.11. The number of aromatic nitrogens is 3. The molecule has 2 aromatic heterocycles. The van der Waals surface area contributed by atoms with Gasteiger partial charge in [0.15, 0.2) is 5.82 Å². The van der Waals surface area contributed by atoms with Gasteiger partial charge in [-0.15, -0.1) is 0 Å². The summed E-state index contributed by atoms with van der Waals surface area (Å²) in [6.45, 7) is 3.69. The summed E-state index contributed by atoms with van der Waals surface area (Å²) in [5, 5.41) is 4.62. The van der Waals surface area contributed by atoms with Gasteiger partial charge in [0, 0.05) is 11.1 Å². The summed E-state index contributed by atoms with van der Waals surface area (Å²) in [7, 11) is 0. The first-order valence-electron chi connectivity index (χ1n) is 5.70. The zero-order valence-electron chi connectivity index (χ0n) is 10.1. The van der Waals surface area contributed by atoms with Gasteiger partial charge >= 0.3 is 0 Å². The van der Waals surface area contributed by atoms with Crippen molar-refractivity contribution in [3.8, 4) is 0 Å². The fourth-order valence-corrected chi connectivity index (χ4v) is 2.16. The fourth-order valence-electron chi connectivity index (χ4n) is 2.16. The Morgan fingerprint density at radius 2 is 2.17 bits per heavy atom. The SMILES string of the molecule is Cc1noc(Cc2c(C)[nH]c3c(F)cccc23)n1. The third-order valence-corrected chi connectivity index (χ3v) is 3.00. The van der Waals surface area contributed by atoms with E-state index in [1.54, 1.807) is 13.0 Å². The molecule has 0 bridgehead atoms. The van der Waals surface area contributed by atoms with Gasteiger partial charge in [0.2, 0.25) is 5.89 Å². The van der Waals surface area contributed by atoms with E-state index in [2.05, 4.69) is 15.1 Å². The normalized spacial score (nSPS) is 11.3. The van der Waals surface area contributed by atoms with Gasteiger partial charge in [-0.05, 0) is 25.5 Å². The van der Waals surface area contributed by atoms with Crippen LogP contribution in [0.1, 0.15) is 23.0 Å². The van der Waals surface area contributed by atoms with Crippen molar-refractivity contribution in [2.24, 2.45) is 0 Å². The molecule has 3 aromatic rings. The molecule has 0 saturated carbocycles. The lowest BCUT2D eigenvalue weighted by atomic mass is 10.1. The van der Waals surface area contributed by atoms with E-state index in [1.165, 1.54) is 6.07 Å². The lowest BCUT2D eigenvalue weighted by Gasteiger charge is -1.96. The third kappa shape index (κ3) is 1.68. The highest BCUT2D eigenvalue weighted by Gasteiger charge is 2.14. The number of hydrogen-bond acceptors (Lipinski definition) is 3. The van der Waals surface area contributed by atoms with Crippen LogP contribution in [0.15, 0.2) is 22.7 Å². The van der Waals surface area contributed by atoms with Crippen molar-refractivity contribution in [1.82, 2.24) is 15.1 Å². The minimum Gasteiger partial charge on any atom is -0.356 e. The molecule has 18 heavy (non-hydrogen) atoms. The summed E-state index contributed by atoms with van der Waals surface area (Å²) < 4.78 is 18.7. The maximum atomic E-state index is 13.6. The summed E-state index contributed by atoms with van der Waals surface area (Å²) in [6.07, 6.45) is 0.510. The Kier molecular flexibility index (Phi) is 2.40. The lowest BCUT2D eigenvalue weighted by molar-refractivity contribution is 0.381. The molecule has 0 aliphatic rings. The molecule has 0 aliphatic carbocycles. The molecule has 0 atom stereocenters. The lowest BCUT2D eigenvalue weighted by Crippen LogP contribution is -1.90. The fraction of sp³-hybridized carbons (Fsp3) is 0.231. The highest BCUT2D eigenvalue weighted by molar-refractivity contribution is 5.85. The second kappa shape index (κ2) is 3.94. The Bertz CT molecular complexity index is 714.